The summed E-state index contributed by atoms with van der Waals surface area (Å²) in [4.78, 5) is 6.10. The zero-order chi connectivity index (χ0) is 14.1. The third-order valence-electron chi connectivity index (χ3n) is 3.27. The molecule has 0 atom stereocenters. The van der Waals surface area contributed by atoms with E-state index >= 15 is 0 Å². The number of anilines is 1. The molecule has 1 aliphatic carbocycles. The van der Waals surface area contributed by atoms with Crippen molar-refractivity contribution >= 4 is 27.8 Å². The highest BCUT2D eigenvalue weighted by Crippen LogP contribution is 2.47. The van der Waals surface area contributed by atoms with Gasteiger partial charge in [-0.25, -0.2) is 4.98 Å². The molecule has 6 heteroatoms. The van der Waals surface area contributed by atoms with Gasteiger partial charge in [-0.3, -0.25) is 0 Å². The quantitative estimate of drug-likeness (QED) is 0.854. The van der Waals surface area contributed by atoms with Crippen molar-refractivity contribution in [3.63, 3.8) is 0 Å². The van der Waals surface area contributed by atoms with Crippen molar-refractivity contribution in [3.8, 4) is 9.88 Å². The number of rotatable bonds is 6. The Morgan fingerprint density at radius 3 is 2.70 bits per heavy atom. The minimum absolute atomic E-state index is 0.483. The summed E-state index contributed by atoms with van der Waals surface area (Å²) in [6, 6.07) is 0. The first kappa shape index (κ1) is 13.9. The molecular weight excluding hydrogens is 288 g/mol. The monoisotopic (exact) mass is 308 g/mol. The molecule has 2 heterocycles. The molecule has 0 aliphatic heterocycles. The molecule has 2 aromatic heterocycles. The van der Waals surface area contributed by atoms with E-state index in [1.807, 2.05) is 0 Å². The van der Waals surface area contributed by atoms with Crippen LogP contribution in [0.1, 0.15) is 62.6 Å². The van der Waals surface area contributed by atoms with Crippen molar-refractivity contribution in [2.75, 3.05) is 11.9 Å². The number of nitrogens with one attached hydrogen (secondary N) is 1. The van der Waals surface area contributed by atoms with E-state index in [0.717, 1.165) is 23.1 Å². The van der Waals surface area contributed by atoms with Gasteiger partial charge in [0.15, 0.2) is 5.01 Å². The summed E-state index contributed by atoms with van der Waals surface area (Å²) in [6.45, 7) is 7.50. The second-order valence-electron chi connectivity index (χ2n) is 5.53. The summed E-state index contributed by atoms with van der Waals surface area (Å²) in [6.07, 6.45) is 3.64. The predicted molar refractivity (Wildman–Crippen MR) is 85.9 cm³/mol. The van der Waals surface area contributed by atoms with Gasteiger partial charge in [0, 0.05) is 18.4 Å². The second-order valence-corrected chi connectivity index (χ2v) is 7.54. The lowest BCUT2D eigenvalue weighted by atomic mass is 10.2. The van der Waals surface area contributed by atoms with Crippen molar-refractivity contribution in [1.82, 2.24) is 15.2 Å². The molecule has 1 N–H and O–H groups in total. The molecule has 0 amide bonds. The Kier molecular flexibility index (Phi) is 4.03. The number of nitrogens with zero attached hydrogens (tertiary/aromatic N) is 3. The molecule has 1 aliphatic rings. The number of hydrogen-bond donors (Lipinski definition) is 1. The standard InChI is InChI=1S/C14H20N4S2/c1-4-7-15-14-18-17-13(20-14)11-10(9-5-6-9)16-12(19-11)8(2)3/h8-9H,4-7H2,1-3H3,(H,15,18). The van der Waals surface area contributed by atoms with Gasteiger partial charge in [-0.05, 0) is 19.3 Å². The normalized spacial score (nSPS) is 15.0. The molecule has 20 heavy (non-hydrogen) atoms. The molecule has 4 nitrogen and oxygen atoms in total. The van der Waals surface area contributed by atoms with Crippen LogP contribution in [0.3, 0.4) is 0 Å². The first-order valence-corrected chi connectivity index (χ1v) is 8.90. The highest BCUT2D eigenvalue weighted by atomic mass is 32.1. The van der Waals surface area contributed by atoms with Crippen LogP contribution in [0.4, 0.5) is 5.13 Å². The first-order chi connectivity index (χ1) is 9.69. The van der Waals surface area contributed by atoms with E-state index in [4.69, 9.17) is 4.98 Å². The van der Waals surface area contributed by atoms with Gasteiger partial charge >= 0.3 is 0 Å². The maximum Gasteiger partial charge on any atom is 0.206 e. The molecule has 1 saturated carbocycles. The molecule has 1 fully saturated rings. The van der Waals surface area contributed by atoms with Gasteiger partial charge < -0.3 is 5.32 Å². The lowest BCUT2D eigenvalue weighted by molar-refractivity contribution is 0.838. The van der Waals surface area contributed by atoms with Crippen molar-refractivity contribution in [2.24, 2.45) is 0 Å². The van der Waals surface area contributed by atoms with Crippen molar-refractivity contribution in [3.05, 3.63) is 10.7 Å². The lowest BCUT2D eigenvalue weighted by Gasteiger charge is -1.96. The Morgan fingerprint density at radius 2 is 2.05 bits per heavy atom. The predicted octanol–water partition coefficient (Wildman–Crippen LogP) is 4.48. The van der Waals surface area contributed by atoms with Crippen LogP contribution in [0.15, 0.2) is 0 Å². The molecule has 0 radical (unpaired) electrons. The Hall–Kier alpha value is -1.01. The average molecular weight is 308 g/mol. The summed E-state index contributed by atoms with van der Waals surface area (Å²) in [7, 11) is 0. The van der Waals surface area contributed by atoms with Gasteiger partial charge in [-0.15, -0.1) is 21.5 Å². The summed E-state index contributed by atoms with van der Waals surface area (Å²) < 4.78 is 0. The van der Waals surface area contributed by atoms with Gasteiger partial charge in [-0.2, -0.15) is 0 Å². The first-order valence-electron chi connectivity index (χ1n) is 7.27. The molecule has 0 aromatic carbocycles. The Balaban J connectivity index is 1.90. The highest BCUT2D eigenvalue weighted by molar-refractivity contribution is 7.23. The Bertz CT molecular complexity index is 584. The third-order valence-corrected chi connectivity index (χ3v) is 5.68. The summed E-state index contributed by atoms with van der Waals surface area (Å²) in [5.41, 5.74) is 1.26. The Morgan fingerprint density at radius 1 is 1.25 bits per heavy atom. The smallest absolute Gasteiger partial charge is 0.206 e. The highest BCUT2D eigenvalue weighted by Gasteiger charge is 2.31. The van der Waals surface area contributed by atoms with E-state index in [0.29, 0.717) is 11.8 Å². The summed E-state index contributed by atoms with van der Waals surface area (Å²) >= 11 is 3.44. The van der Waals surface area contributed by atoms with E-state index in [1.165, 1.54) is 28.4 Å². The molecular formula is C14H20N4S2. The number of thiazole rings is 1. The fraction of sp³-hybridized carbons (Fsp3) is 0.643. The van der Waals surface area contributed by atoms with Crippen LogP contribution in [-0.4, -0.2) is 21.7 Å². The van der Waals surface area contributed by atoms with Crippen LogP contribution in [0.2, 0.25) is 0 Å². The molecule has 3 rings (SSSR count). The van der Waals surface area contributed by atoms with Crippen LogP contribution in [0.25, 0.3) is 9.88 Å². The fourth-order valence-corrected chi connectivity index (χ4v) is 4.00. The van der Waals surface area contributed by atoms with E-state index in [2.05, 4.69) is 36.3 Å². The molecule has 0 unspecified atom stereocenters. The van der Waals surface area contributed by atoms with Crippen molar-refractivity contribution in [1.29, 1.82) is 0 Å². The van der Waals surface area contributed by atoms with E-state index in [1.54, 1.807) is 22.7 Å². The van der Waals surface area contributed by atoms with Crippen LogP contribution in [-0.2, 0) is 0 Å². The SMILES string of the molecule is CCCNc1nnc(-c2sc(C(C)C)nc2C2CC2)s1. The van der Waals surface area contributed by atoms with Crippen molar-refractivity contribution in [2.45, 2.75) is 51.9 Å². The largest absolute Gasteiger partial charge is 0.360 e. The second kappa shape index (κ2) is 5.77. The van der Waals surface area contributed by atoms with Crippen LogP contribution < -0.4 is 5.32 Å². The fourth-order valence-electron chi connectivity index (χ4n) is 2.00. The minimum Gasteiger partial charge on any atom is -0.360 e. The topological polar surface area (TPSA) is 50.7 Å². The van der Waals surface area contributed by atoms with Crippen molar-refractivity contribution < 1.29 is 0 Å². The Labute approximate surface area is 127 Å². The van der Waals surface area contributed by atoms with Gasteiger partial charge in [0.05, 0.1) is 15.6 Å². The molecule has 108 valence electrons. The van der Waals surface area contributed by atoms with E-state index < -0.39 is 0 Å². The maximum absolute atomic E-state index is 4.86. The zero-order valence-corrected chi connectivity index (χ0v) is 13.8. The average Bonchev–Trinajstić information content (AvgIpc) is 3.01. The zero-order valence-electron chi connectivity index (χ0n) is 12.1. The molecule has 0 saturated heterocycles. The molecule has 0 bridgehead atoms. The maximum atomic E-state index is 4.86. The summed E-state index contributed by atoms with van der Waals surface area (Å²) in [5, 5.41) is 15.1. The van der Waals surface area contributed by atoms with Gasteiger partial charge in [-0.1, -0.05) is 32.1 Å². The van der Waals surface area contributed by atoms with Crippen LogP contribution in [0, 0.1) is 0 Å². The number of aromatic nitrogens is 3. The van der Waals surface area contributed by atoms with E-state index in [9.17, 15) is 0 Å². The van der Waals surface area contributed by atoms with E-state index in [-0.39, 0.29) is 0 Å². The van der Waals surface area contributed by atoms with Gasteiger partial charge in [0.25, 0.3) is 0 Å². The van der Waals surface area contributed by atoms with Gasteiger partial charge in [0.1, 0.15) is 0 Å². The molecule has 2 aromatic rings. The number of hydrogen-bond acceptors (Lipinski definition) is 6. The van der Waals surface area contributed by atoms with Crippen LogP contribution in [0.5, 0.6) is 0 Å². The third kappa shape index (κ3) is 2.86. The van der Waals surface area contributed by atoms with Crippen LogP contribution >= 0.6 is 22.7 Å². The lowest BCUT2D eigenvalue weighted by Crippen LogP contribution is -1.98. The minimum atomic E-state index is 0.483. The van der Waals surface area contributed by atoms with Gasteiger partial charge in [0.2, 0.25) is 5.13 Å². The summed E-state index contributed by atoms with van der Waals surface area (Å²) in [5.74, 6) is 1.14. The molecule has 0 spiro atoms.